The zero-order valence-corrected chi connectivity index (χ0v) is 23.5. The van der Waals surface area contributed by atoms with Gasteiger partial charge in [-0.15, -0.1) is 11.8 Å². The molecule has 0 unspecified atom stereocenters. The van der Waals surface area contributed by atoms with Crippen molar-refractivity contribution in [3.63, 3.8) is 0 Å². The van der Waals surface area contributed by atoms with E-state index in [9.17, 15) is 4.79 Å². The average molecular weight is 497 g/mol. The smallest absolute Gasteiger partial charge is 0.460 e. The van der Waals surface area contributed by atoms with Gasteiger partial charge in [0.2, 0.25) is 0 Å². The zero-order valence-electron chi connectivity index (χ0n) is 22.6. The molecule has 35 heavy (non-hydrogen) atoms. The molecule has 2 aromatic rings. The minimum Gasteiger partial charge on any atom is -0.460 e. The summed E-state index contributed by atoms with van der Waals surface area (Å²) in [6, 6.07) is 15.0. The van der Waals surface area contributed by atoms with E-state index < -0.39 is 23.9 Å². The topological polar surface area (TPSA) is 44.8 Å². The van der Waals surface area contributed by atoms with Crippen molar-refractivity contribution in [2.24, 2.45) is 5.92 Å². The van der Waals surface area contributed by atoms with E-state index in [1.165, 1.54) is 15.7 Å². The van der Waals surface area contributed by atoms with Crippen LogP contribution in [0.3, 0.4) is 0 Å². The standard InChI is InChI=1S/C29H41BO4S/c1-9-25(26(31)32-27(2,3)4)23(20-30-33-28(5,6)29(7,8)34-30)15-12-18-35-24-17-16-21-13-10-11-14-22(21)19-24/h10-11,13-14,16-17,19-20,25H,9,12,15,18H2,1-8H3/b23-20+/t25-/m0/s1. The Bertz CT molecular complexity index is 1040. The normalized spacial score (nSPS) is 18.6. The Morgan fingerprint density at radius 2 is 1.69 bits per heavy atom. The fourth-order valence-electron chi connectivity index (χ4n) is 4.18. The minimum absolute atomic E-state index is 0.176. The molecular weight excluding hydrogens is 455 g/mol. The van der Waals surface area contributed by atoms with E-state index in [0.29, 0.717) is 6.42 Å². The predicted octanol–water partition coefficient (Wildman–Crippen LogP) is 7.64. The lowest BCUT2D eigenvalue weighted by Crippen LogP contribution is -2.41. The molecule has 1 atom stereocenters. The molecule has 1 saturated heterocycles. The van der Waals surface area contributed by atoms with Crippen LogP contribution in [0.4, 0.5) is 0 Å². The first kappa shape index (κ1) is 27.8. The fraction of sp³-hybridized carbons (Fsp3) is 0.552. The Balaban J connectivity index is 1.72. The number of rotatable bonds is 9. The molecule has 0 spiro atoms. The number of benzene rings is 2. The van der Waals surface area contributed by atoms with E-state index in [1.807, 2.05) is 73.1 Å². The summed E-state index contributed by atoms with van der Waals surface area (Å²) in [6.45, 7) is 16.0. The minimum atomic E-state index is -0.522. The van der Waals surface area contributed by atoms with Gasteiger partial charge in [0.05, 0.1) is 17.1 Å². The molecular formula is C29H41BO4S. The third-order valence-corrected chi connectivity index (χ3v) is 7.85. The van der Waals surface area contributed by atoms with Gasteiger partial charge in [0.25, 0.3) is 0 Å². The molecule has 4 nitrogen and oxygen atoms in total. The molecule has 0 saturated carbocycles. The molecule has 0 aliphatic carbocycles. The van der Waals surface area contributed by atoms with E-state index in [0.717, 1.165) is 24.2 Å². The molecule has 0 aromatic heterocycles. The monoisotopic (exact) mass is 496 g/mol. The third kappa shape index (κ3) is 7.37. The van der Waals surface area contributed by atoms with Gasteiger partial charge in [-0.3, -0.25) is 4.79 Å². The second kappa shape index (κ2) is 11.1. The van der Waals surface area contributed by atoms with Crippen LogP contribution < -0.4 is 0 Å². The molecule has 0 radical (unpaired) electrons. The van der Waals surface area contributed by atoms with E-state index in [-0.39, 0.29) is 11.9 Å². The second-order valence-corrected chi connectivity index (χ2v) is 12.5. The largest absolute Gasteiger partial charge is 0.487 e. The summed E-state index contributed by atoms with van der Waals surface area (Å²) in [5.74, 6) is 2.50. The highest BCUT2D eigenvalue weighted by Gasteiger charge is 2.50. The van der Waals surface area contributed by atoms with Crippen LogP contribution in [0.5, 0.6) is 0 Å². The molecule has 2 aromatic carbocycles. The van der Waals surface area contributed by atoms with Gasteiger partial charge < -0.3 is 14.0 Å². The van der Waals surface area contributed by atoms with E-state index in [2.05, 4.69) is 42.5 Å². The number of carbonyl (C=O) groups is 1. The number of hydrogen-bond donors (Lipinski definition) is 0. The molecule has 0 N–H and O–H groups in total. The number of hydrogen-bond acceptors (Lipinski definition) is 5. The van der Waals surface area contributed by atoms with Crippen LogP contribution in [0, 0.1) is 5.92 Å². The first-order chi connectivity index (χ1) is 16.3. The lowest BCUT2D eigenvalue weighted by atomic mass is 9.80. The molecule has 6 heteroatoms. The van der Waals surface area contributed by atoms with Crippen molar-refractivity contribution in [3.05, 3.63) is 54.0 Å². The highest BCUT2D eigenvalue weighted by Crippen LogP contribution is 2.38. The summed E-state index contributed by atoms with van der Waals surface area (Å²) < 4.78 is 18.2. The quantitative estimate of drug-likeness (QED) is 0.155. The first-order valence-corrected chi connectivity index (χ1v) is 13.7. The van der Waals surface area contributed by atoms with Crippen molar-refractivity contribution in [1.82, 2.24) is 0 Å². The third-order valence-electron chi connectivity index (χ3n) is 6.77. The fourth-order valence-corrected chi connectivity index (χ4v) is 5.08. The number of ether oxygens (including phenoxy) is 1. The Labute approximate surface area is 216 Å². The van der Waals surface area contributed by atoms with E-state index in [4.69, 9.17) is 14.0 Å². The van der Waals surface area contributed by atoms with E-state index in [1.54, 1.807) is 0 Å². The first-order valence-electron chi connectivity index (χ1n) is 12.7. The highest BCUT2D eigenvalue weighted by atomic mass is 32.2. The Morgan fingerprint density at radius 1 is 1.06 bits per heavy atom. The summed E-state index contributed by atoms with van der Waals surface area (Å²) in [6.07, 6.45) is 2.42. The zero-order chi connectivity index (χ0) is 25.9. The van der Waals surface area contributed by atoms with Gasteiger partial charge in [-0.05, 0) is 96.4 Å². The summed E-state index contributed by atoms with van der Waals surface area (Å²) in [7, 11) is -0.473. The van der Waals surface area contributed by atoms with Crippen LogP contribution in [0.15, 0.2) is 58.9 Å². The van der Waals surface area contributed by atoms with Crippen LogP contribution >= 0.6 is 11.8 Å². The summed E-state index contributed by atoms with van der Waals surface area (Å²) >= 11 is 1.85. The van der Waals surface area contributed by atoms with Crippen LogP contribution in [-0.4, -0.2) is 35.6 Å². The van der Waals surface area contributed by atoms with Gasteiger partial charge in [0, 0.05) is 4.90 Å². The lowest BCUT2D eigenvalue weighted by molar-refractivity contribution is -0.158. The van der Waals surface area contributed by atoms with Crippen molar-refractivity contribution in [3.8, 4) is 0 Å². The second-order valence-electron chi connectivity index (χ2n) is 11.3. The Hall–Kier alpha value is -1.76. The van der Waals surface area contributed by atoms with Crippen LogP contribution in [0.2, 0.25) is 0 Å². The maximum atomic E-state index is 13.1. The van der Waals surface area contributed by atoms with E-state index >= 15 is 0 Å². The molecule has 1 heterocycles. The van der Waals surface area contributed by atoms with Crippen LogP contribution in [0.1, 0.15) is 74.7 Å². The van der Waals surface area contributed by atoms with Crippen molar-refractivity contribution in [2.75, 3.05) is 5.75 Å². The van der Waals surface area contributed by atoms with Gasteiger partial charge in [-0.25, -0.2) is 0 Å². The summed E-state index contributed by atoms with van der Waals surface area (Å²) in [4.78, 5) is 14.4. The Morgan fingerprint density at radius 3 is 2.29 bits per heavy atom. The van der Waals surface area contributed by atoms with Crippen LogP contribution in [0.25, 0.3) is 10.8 Å². The molecule has 1 aliphatic rings. The van der Waals surface area contributed by atoms with Gasteiger partial charge in [-0.2, -0.15) is 0 Å². The van der Waals surface area contributed by atoms with Gasteiger partial charge in [0.1, 0.15) is 5.60 Å². The SMILES string of the molecule is CC[C@H](C(=O)OC(C)(C)C)/C(=C/B1OC(C)(C)C(C)(C)O1)CCCSc1ccc2ccccc2c1. The molecule has 3 rings (SSSR count). The van der Waals surface area contributed by atoms with Crippen molar-refractivity contribution < 1.29 is 18.8 Å². The van der Waals surface area contributed by atoms with Crippen molar-refractivity contribution in [2.45, 2.75) is 96.4 Å². The van der Waals surface area contributed by atoms with Gasteiger partial charge >= 0.3 is 13.1 Å². The number of fused-ring (bicyclic) bond motifs is 1. The molecule has 0 bridgehead atoms. The maximum Gasteiger partial charge on any atom is 0.487 e. The summed E-state index contributed by atoms with van der Waals surface area (Å²) in [5.41, 5.74) is -0.316. The molecule has 0 amide bonds. The molecule has 1 aliphatic heterocycles. The number of carbonyl (C=O) groups excluding carboxylic acids is 1. The predicted molar refractivity (Wildman–Crippen MR) is 148 cm³/mol. The van der Waals surface area contributed by atoms with Gasteiger partial charge in [-0.1, -0.05) is 48.8 Å². The Kier molecular flexibility index (Phi) is 8.83. The van der Waals surface area contributed by atoms with Gasteiger partial charge in [0.15, 0.2) is 0 Å². The number of thioether (sulfide) groups is 1. The lowest BCUT2D eigenvalue weighted by Gasteiger charge is -2.32. The van der Waals surface area contributed by atoms with Crippen molar-refractivity contribution >= 4 is 35.6 Å². The average Bonchev–Trinajstić information content (AvgIpc) is 2.95. The molecule has 1 fully saturated rings. The maximum absolute atomic E-state index is 13.1. The highest BCUT2D eigenvalue weighted by molar-refractivity contribution is 7.99. The van der Waals surface area contributed by atoms with Crippen molar-refractivity contribution in [1.29, 1.82) is 0 Å². The van der Waals surface area contributed by atoms with Crippen LogP contribution in [-0.2, 0) is 18.8 Å². The molecule has 190 valence electrons. The summed E-state index contributed by atoms with van der Waals surface area (Å²) in [5, 5.41) is 2.52. The number of esters is 1.